The first kappa shape index (κ1) is 15.9. The number of rotatable bonds is 5. The minimum absolute atomic E-state index is 0.282. The second-order valence-corrected chi connectivity index (χ2v) is 5.11. The number of halogens is 1. The molecule has 2 heterocycles. The van der Waals surface area contributed by atoms with E-state index in [1.165, 1.54) is 23.5 Å². The van der Waals surface area contributed by atoms with E-state index in [9.17, 15) is 4.79 Å². The normalized spacial score (nSPS) is 11.1. The van der Waals surface area contributed by atoms with E-state index in [1.807, 2.05) is 0 Å². The van der Waals surface area contributed by atoms with Gasteiger partial charge in [-0.25, -0.2) is 9.47 Å². The average Bonchev–Trinajstić information content (AvgIpc) is 3.25. The van der Waals surface area contributed by atoms with Crippen LogP contribution in [0.15, 0.2) is 52.5 Å². The third-order valence-electron chi connectivity index (χ3n) is 3.10. The van der Waals surface area contributed by atoms with Crippen molar-refractivity contribution in [2.45, 2.75) is 6.92 Å². The lowest BCUT2D eigenvalue weighted by Gasteiger charge is -2.05. The van der Waals surface area contributed by atoms with Gasteiger partial charge in [-0.15, -0.1) is 10.2 Å². The Kier molecular flexibility index (Phi) is 4.72. The van der Waals surface area contributed by atoms with Crippen molar-refractivity contribution < 1.29 is 13.9 Å². The summed E-state index contributed by atoms with van der Waals surface area (Å²) in [5.41, 5.74) is 1.01. The maximum absolute atomic E-state index is 11.9. The number of benzene rings is 1. The summed E-state index contributed by atoms with van der Waals surface area (Å²) < 4.78 is 12.1. The van der Waals surface area contributed by atoms with Crippen LogP contribution in [0.1, 0.15) is 23.0 Å². The summed E-state index contributed by atoms with van der Waals surface area (Å²) in [5, 5.41) is 11.7. The van der Waals surface area contributed by atoms with Crippen LogP contribution < -0.4 is 0 Å². The van der Waals surface area contributed by atoms with Crippen molar-refractivity contribution >= 4 is 23.8 Å². The Morgan fingerprint density at radius 2 is 2.12 bits per heavy atom. The third-order valence-corrected chi connectivity index (χ3v) is 3.43. The molecule has 0 amide bonds. The Morgan fingerprint density at radius 3 is 2.88 bits per heavy atom. The molecule has 0 saturated heterocycles. The van der Waals surface area contributed by atoms with Crippen LogP contribution in [0, 0.1) is 0 Å². The molecule has 0 aliphatic rings. The van der Waals surface area contributed by atoms with Crippen molar-refractivity contribution in [1.29, 1.82) is 0 Å². The van der Waals surface area contributed by atoms with Gasteiger partial charge in [0.2, 0.25) is 0 Å². The molecular formula is C16H13ClN4O3. The minimum Gasteiger partial charge on any atom is -0.462 e. The lowest BCUT2D eigenvalue weighted by Crippen LogP contribution is -2.05. The van der Waals surface area contributed by atoms with E-state index in [-0.39, 0.29) is 6.61 Å². The molecule has 3 rings (SSSR count). The molecule has 0 aliphatic heterocycles. The zero-order valence-corrected chi connectivity index (χ0v) is 13.5. The highest BCUT2D eigenvalue weighted by Gasteiger charge is 2.14. The summed E-state index contributed by atoms with van der Waals surface area (Å²) in [6, 6.07) is 8.59. The number of nitrogens with zero attached hydrogens (tertiary/aromatic N) is 4. The first-order valence-corrected chi connectivity index (χ1v) is 7.51. The van der Waals surface area contributed by atoms with Crippen molar-refractivity contribution in [3.63, 3.8) is 0 Å². The number of ether oxygens (including phenoxy) is 1. The number of hydrogen-bond acceptors (Lipinski definition) is 6. The molecular weight excluding hydrogens is 332 g/mol. The number of furan rings is 1. The SMILES string of the molecule is CCOC(=O)c1cc(-c2ccc(/C=N\n3cnnc3)o2)ccc1Cl. The fourth-order valence-corrected chi connectivity index (χ4v) is 2.19. The van der Waals surface area contributed by atoms with Gasteiger partial charge in [-0.3, -0.25) is 0 Å². The summed E-state index contributed by atoms with van der Waals surface area (Å²) >= 11 is 6.06. The van der Waals surface area contributed by atoms with Crippen LogP contribution in [0.5, 0.6) is 0 Å². The number of carbonyl (C=O) groups excluding carboxylic acids is 1. The summed E-state index contributed by atoms with van der Waals surface area (Å²) in [4.78, 5) is 11.9. The lowest BCUT2D eigenvalue weighted by atomic mass is 10.1. The molecule has 0 unspecified atom stereocenters. The predicted molar refractivity (Wildman–Crippen MR) is 88.1 cm³/mol. The van der Waals surface area contributed by atoms with Gasteiger partial charge < -0.3 is 9.15 Å². The summed E-state index contributed by atoms with van der Waals surface area (Å²) in [6.07, 6.45) is 4.46. The molecule has 7 nitrogen and oxygen atoms in total. The molecule has 122 valence electrons. The Bertz CT molecular complexity index is 871. The average molecular weight is 345 g/mol. The van der Waals surface area contributed by atoms with Gasteiger partial charge in [-0.1, -0.05) is 11.6 Å². The summed E-state index contributed by atoms with van der Waals surface area (Å²) in [6.45, 7) is 2.02. The molecule has 0 aliphatic carbocycles. The van der Waals surface area contributed by atoms with Gasteiger partial charge in [0.15, 0.2) is 0 Å². The Balaban J connectivity index is 1.84. The molecule has 24 heavy (non-hydrogen) atoms. The topological polar surface area (TPSA) is 82.5 Å². The van der Waals surface area contributed by atoms with E-state index >= 15 is 0 Å². The van der Waals surface area contributed by atoms with E-state index in [2.05, 4.69) is 15.3 Å². The molecule has 0 N–H and O–H groups in total. The van der Waals surface area contributed by atoms with Crippen molar-refractivity contribution in [2.24, 2.45) is 5.10 Å². The van der Waals surface area contributed by atoms with Gasteiger partial charge in [0.1, 0.15) is 24.2 Å². The maximum atomic E-state index is 11.9. The Morgan fingerprint density at radius 1 is 1.33 bits per heavy atom. The molecule has 0 spiro atoms. The quantitative estimate of drug-likeness (QED) is 0.524. The van der Waals surface area contributed by atoms with Crippen molar-refractivity contribution in [3.05, 3.63) is 59.3 Å². The highest BCUT2D eigenvalue weighted by Crippen LogP contribution is 2.27. The van der Waals surface area contributed by atoms with Crippen LogP contribution in [-0.4, -0.2) is 33.7 Å². The predicted octanol–water partition coefficient (Wildman–Crippen LogP) is 3.25. The van der Waals surface area contributed by atoms with Gasteiger partial charge in [-0.05, 0) is 37.3 Å². The van der Waals surface area contributed by atoms with Gasteiger partial charge >= 0.3 is 5.97 Å². The maximum Gasteiger partial charge on any atom is 0.339 e. The number of aromatic nitrogens is 3. The van der Waals surface area contributed by atoms with E-state index in [4.69, 9.17) is 20.8 Å². The van der Waals surface area contributed by atoms with Crippen LogP contribution in [0.25, 0.3) is 11.3 Å². The Labute approximate surface area is 142 Å². The van der Waals surface area contributed by atoms with Gasteiger partial charge in [-0.2, -0.15) is 5.10 Å². The molecule has 2 aromatic heterocycles. The lowest BCUT2D eigenvalue weighted by molar-refractivity contribution is 0.0526. The molecule has 3 aromatic rings. The number of carbonyl (C=O) groups is 1. The van der Waals surface area contributed by atoms with E-state index < -0.39 is 5.97 Å². The van der Waals surface area contributed by atoms with Crippen molar-refractivity contribution in [3.8, 4) is 11.3 Å². The van der Waals surface area contributed by atoms with Crippen LogP contribution in [-0.2, 0) is 4.74 Å². The van der Waals surface area contributed by atoms with Gasteiger partial charge in [0, 0.05) is 5.56 Å². The monoisotopic (exact) mass is 344 g/mol. The van der Waals surface area contributed by atoms with Crippen LogP contribution in [0.3, 0.4) is 0 Å². The summed E-state index contributed by atoms with van der Waals surface area (Å²) in [7, 11) is 0. The van der Waals surface area contributed by atoms with Crippen LogP contribution in [0.4, 0.5) is 0 Å². The first-order valence-electron chi connectivity index (χ1n) is 7.13. The van der Waals surface area contributed by atoms with Crippen LogP contribution in [0.2, 0.25) is 5.02 Å². The minimum atomic E-state index is -0.467. The molecule has 8 heteroatoms. The second-order valence-electron chi connectivity index (χ2n) is 4.70. The molecule has 0 fully saturated rings. The van der Waals surface area contributed by atoms with E-state index in [0.717, 1.165) is 0 Å². The van der Waals surface area contributed by atoms with Crippen LogP contribution >= 0.6 is 11.6 Å². The highest BCUT2D eigenvalue weighted by molar-refractivity contribution is 6.33. The standard InChI is InChI=1S/C16H13ClN4O3/c1-2-23-16(22)13-7-11(3-5-14(13)17)15-6-4-12(24-15)8-20-21-9-18-19-10-21/h3-10H,2H2,1H3/b20-8-. The fourth-order valence-electron chi connectivity index (χ4n) is 2.00. The molecule has 0 atom stereocenters. The zero-order valence-electron chi connectivity index (χ0n) is 12.7. The third kappa shape index (κ3) is 3.52. The van der Waals surface area contributed by atoms with E-state index in [1.54, 1.807) is 37.3 Å². The number of esters is 1. The first-order chi connectivity index (χ1) is 11.7. The van der Waals surface area contributed by atoms with Gasteiger partial charge in [0.05, 0.1) is 23.4 Å². The number of hydrogen-bond donors (Lipinski definition) is 0. The van der Waals surface area contributed by atoms with E-state index in [0.29, 0.717) is 27.7 Å². The zero-order chi connectivity index (χ0) is 16.9. The molecule has 0 bridgehead atoms. The van der Waals surface area contributed by atoms with Crippen molar-refractivity contribution in [2.75, 3.05) is 6.61 Å². The second kappa shape index (κ2) is 7.10. The Hall–Kier alpha value is -2.93. The largest absolute Gasteiger partial charge is 0.462 e. The van der Waals surface area contributed by atoms with Gasteiger partial charge in [0.25, 0.3) is 0 Å². The smallest absolute Gasteiger partial charge is 0.339 e. The fraction of sp³-hybridized carbons (Fsp3) is 0.125. The van der Waals surface area contributed by atoms with Crippen molar-refractivity contribution in [1.82, 2.24) is 14.9 Å². The molecule has 1 aromatic carbocycles. The highest BCUT2D eigenvalue weighted by atomic mass is 35.5. The molecule has 0 saturated carbocycles. The summed E-state index contributed by atoms with van der Waals surface area (Å²) in [5.74, 6) is 0.666. The molecule has 0 radical (unpaired) electrons.